The minimum atomic E-state index is -0.0791. The molecule has 0 amide bonds. The summed E-state index contributed by atoms with van der Waals surface area (Å²) < 4.78 is 0. The van der Waals surface area contributed by atoms with Crippen LogP contribution < -0.4 is 0 Å². The lowest BCUT2D eigenvalue weighted by atomic mass is 9.81. The van der Waals surface area contributed by atoms with Crippen molar-refractivity contribution in [2.24, 2.45) is 0 Å². The molecule has 0 saturated carbocycles. The van der Waals surface area contributed by atoms with E-state index in [-0.39, 0.29) is 5.41 Å². The summed E-state index contributed by atoms with van der Waals surface area (Å²) in [6.45, 7) is 4.64. The van der Waals surface area contributed by atoms with E-state index in [4.69, 9.17) is 11.6 Å². The van der Waals surface area contributed by atoms with Gasteiger partial charge in [0, 0.05) is 25.8 Å². The lowest BCUT2D eigenvalue weighted by Gasteiger charge is -2.22. The fourth-order valence-corrected chi connectivity index (χ4v) is 5.91. The molecule has 4 aromatic rings. The van der Waals surface area contributed by atoms with E-state index in [1.807, 2.05) is 17.4 Å². The monoisotopic (exact) mass is 386 g/mol. The third-order valence-corrected chi connectivity index (χ3v) is 7.05. The lowest BCUT2D eigenvalue weighted by molar-refractivity contribution is 0.664. The molecule has 0 bridgehead atoms. The van der Waals surface area contributed by atoms with E-state index >= 15 is 0 Å². The molecule has 27 heavy (non-hydrogen) atoms. The van der Waals surface area contributed by atoms with Crippen LogP contribution in [0.5, 0.6) is 0 Å². The molecule has 1 aromatic heterocycles. The molecule has 0 nitrogen and oxygen atoms in total. The van der Waals surface area contributed by atoms with Gasteiger partial charge in [0.15, 0.2) is 0 Å². The van der Waals surface area contributed by atoms with Crippen LogP contribution in [0.1, 0.15) is 25.0 Å². The van der Waals surface area contributed by atoms with Gasteiger partial charge in [-0.1, -0.05) is 92.2 Å². The van der Waals surface area contributed by atoms with Crippen molar-refractivity contribution in [1.29, 1.82) is 0 Å². The van der Waals surface area contributed by atoms with E-state index in [1.165, 1.54) is 43.1 Å². The number of hydrogen-bond acceptors (Lipinski definition) is 1. The molecule has 3 aromatic carbocycles. The molecule has 0 atom stereocenters. The summed E-state index contributed by atoms with van der Waals surface area (Å²) in [6.07, 6.45) is 0. The summed E-state index contributed by atoms with van der Waals surface area (Å²) in [4.78, 5) is 2.71. The fraction of sp³-hybridized carbons (Fsp3) is 0.120. The van der Waals surface area contributed by atoms with Crippen LogP contribution in [0.3, 0.4) is 0 Å². The van der Waals surface area contributed by atoms with Crippen molar-refractivity contribution < 1.29 is 0 Å². The van der Waals surface area contributed by atoms with E-state index in [2.05, 4.69) is 86.6 Å². The second-order valence-corrected chi connectivity index (χ2v) is 9.01. The molecule has 5 rings (SSSR count). The second kappa shape index (κ2) is 6.09. The van der Waals surface area contributed by atoms with Crippen LogP contribution in [-0.4, -0.2) is 0 Å². The Morgan fingerprint density at radius 2 is 1.33 bits per heavy atom. The third kappa shape index (κ3) is 2.50. The number of halogens is 1. The minimum Gasteiger partial charge on any atom is -0.134 e. The van der Waals surface area contributed by atoms with Gasteiger partial charge in [0.1, 0.15) is 0 Å². The first kappa shape index (κ1) is 16.8. The maximum absolute atomic E-state index is 6.38. The highest BCUT2D eigenvalue weighted by molar-refractivity contribution is 7.19. The smallest absolute Gasteiger partial charge is 0.0431 e. The predicted octanol–water partition coefficient (Wildman–Crippen LogP) is 8.04. The van der Waals surface area contributed by atoms with Gasteiger partial charge in [0.25, 0.3) is 0 Å². The Labute approximate surface area is 169 Å². The molecule has 1 heterocycles. The average Bonchev–Trinajstić information content (AvgIpc) is 3.19. The van der Waals surface area contributed by atoms with E-state index < -0.39 is 0 Å². The normalized spacial score (nSPS) is 14.0. The summed E-state index contributed by atoms with van der Waals surface area (Å²) >= 11 is 8.28. The molecule has 0 fully saturated rings. The molecule has 0 radical (unpaired) electrons. The van der Waals surface area contributed by atoms with Gasteiger partial charge in [-0.2, -0.15) is 0 Å². The number of fused-ring (bicyclic) bond motifs is 3. The standard InChI is InChI=1S/C25H19ClS/c1-25(2)20-15-18(26)13-14-19(20)21-22(25)24(17-11-7-4-8-12-17)27-23(21)16-9-5-3-6-10-16/h3-15H,1-2H3. The van der Waals surface area contributed by atoms with Crippen molar-refractivity contribution in [2.45, 2.75) is 19.3 Å². The van der Waals surface area contributed by atoms with Crippen LogP contribution >= 0.6 is 22.9 Å². The van der Waals surface area contributed by atoms with Gasteiger partial charge < -0.3 is 0 Å². The Morgan fingerprint density at radius 1 is 0.741 bits per heavy atom. The van der Waals surface area contributed by atoms with Gasteiger partial charge in [-0.05, 0) is 39.9 Å². The minimum absolute atomic E-state index is 0.0791. The lowest BCUT2D eigenvalue weighted by Crippen LogP contribution is -2.15. The quantitative estimate of drug-likeness (QED) is 0.327. The number of hydrogen-bond donors (Lipinski definition) is 0. The van der Waals surface area contributed by atoms with Gasteiger partial charge in [-0.15, -0.1) is 11.3 Å². The first-order valence-corrected chi connectivity index (χ1v) is 10.4. The Kier molecular flexibility index (Phi) is 3.79. The zero-order valence-electron chi connectivity index (χ0n) is 15.3. The zero-order chi connectivity index (χ0) is 18.6. The predicted molar refractivity (Wildman–Crippen MR) is 118 cm³/mol. The van der Waals surface area contributed by atoms with E-state index in [0.29, 0.717) is 0 Å². The van der Waals surface area contributed by atoms with E-state index in [9.17, 15) is 0 Å². The summed E-state index contributed by atoms with van der Waals surface area (Å²) in [5, 5.41) is 0.804. The topological polar surface area (TPSA) is 0 Å². The summed E-state index contributed by atoms with van der Waals surface area (Å²) in [5.74, 6) is 0. The first-order chi connectivity index (χ1) is 13.1. The fourth-order valence-electron chi connectivity index (χ4n) is 4.26. The molecule has 0 N–H and O–H groups in total. The SMILES string of the molecule is CC1(C)c2cc(Cl)ccc2-c2c(-c3ccccc3)sc(-c3ccccc3)c21. The summed E-state index contributed by atoms with van der Waals surface area (Å²) in [6, 6.07) is 27.8. The number of rotatable bonds is 2. The highest BCUT2D eigenvalue weighted by Gasteiger charge is 2.41. The number of benzene rings is 3. The van der Waals surface area contributed by atoms with E-state index in [1.54, 1.807) is 0 Å². The van der Waals surface area contributed by atoms with Gasteiger partial charge >= 0.3 is 0 Å². The Bertz CT molecular complexity index is 1140. The molecule has 0 saturated heterocycles. The Balaban J connectivity index is 1.88. The maximum atomic E-state index is 6.38. The molecule has 1 aliphatic carbocycles. The van der Waals surface area contributed by atoms with Crippen LogP contribution in [0, 0.1) is 0 Å². The number of thiophene rings is 1. The summed E-state index contributed by atoms with van der Waals surface area (Å²) in [5.41, 5.74) is 7.92. The largest absolute Gasteiger partial charge is 0.134 e. The Morgan fingerprint density at radius 3 is 1.96 bits per heavy atom. The molecule has 0 unspecified atom stereocenters. The van der Waals surface area contributed by atoms with Gasteiger partial charge in [0.2, 0.25) is 0 Å². The van der Waals surface area contributed by atoms with Crippen molar-refractivity contribution in [2.75, 3.05) is 0 Å². The molecule has 2 heteroatoms. The van der Waals surface area contributed by atoms with Crippen LogP contribution in [-0.2, 0) is 5.41 Å². The molecule has 132 valence electrons. The van der Waals surface area contributed by atoms with Crippen LogP contribution in [0.15, 0.2) is 78.9 Å². The van der Waals surface area contributed by atoms with Crippen LogP contribution in [0.25, 0.3) is 32.0 Å². The van der Waals surface area contributed by atoms with Crippen molar-refractivity contribution >= 4 is 22.9 Å². The van der Waals surface area contributed by atoms with Gasteiger partial charge in [-0.25, -0.2) is 0 Å². The summed E-state index contributed by atoms with van der Waals surface area (Å²) in [7, 11) is 0. The highest BCUT2D eigenvalue weighted by Crippen LogP contribution is 2.59. The van der Waals surface area contributed by atoms with Crippen LogP contribution in [0.2, 0.25) is 5.02 Å². The third-order valence-electron chi connectivity index (χ3n) is 5.53. The maximum Gasteiger partial charge on any atom is 0.0431 e. The Hall–Kier alpha value is -2.35. The molecule has 0 spiro atoms. The highest BCUT2D eigenvalue weighted by atomic mass is 35.5. The van der Waals surface area contributed by atoms with E-state index in [0.717, 1.165) is 5.02 Å². The van der Waals surface area contributed by atoms with Gasteiger partial charge in [0.05, 0.1) is 0 Å². The second-order valence-electron chi connectivity index (χ2n) is 7.56. The molecular formula is C25H19ClS. The van der Waals surface area contributed by atoms with Gasteiger partial charge in [-0.3, -0.25) is 0 Å². The first-order valence-electron chi connectivity index (χ1n) is 9.16. The molecule has 1 aliphatic rings. The average molecular weight is 387 g/mol. The molecular weight excluding hydrogens is 368 g/mol. The molecule has 0 aliphatic heterocycles. The van der Waals surface area contributed by atoms with Crippen molar-refractivity contribution in [3.63, 3.8) is 0 Å². The van der Waals surface area contributed by atoms with Crippen LogP contribution in [0.4, 0.5) is 0 Å². The van der Waals surface area contributed by atoms with Crippen molar-refractivity contribution in [3.8, 4) is 32.0 Å². The van der Waals surface area contributed by atoms with Crippen molar-refractivity contribution in [3.05, 3.63) is 95.0 Å². The van der Waals surface area contributed by atoms with Crippen molar-refractivity contribution in [1.82, 2.24) is 0 Å². The zero-order valence-corrected chi connectivity index (χ0v) is 16.9.